The Hall–Kier alpha value is -2.33. The first kappa shape index (κ1) is 20.7. The van der Waals surface area contributed by atoms with Crippen LogP contribution in [0.15, 0.2) is 54.9 Å². The van der Waals surface area contributed by atoms with Crippen LogP contribution in [0.1, 0.15) is 62.6 Å². The second kappa shape index (κ2) is 13.0. The Labute approximate surface area is 154 Å². The minimum Gasteiger partial charge on any atom is -0.264 e. The summed E-state index contributed by atoms with van der Waals surface area (Å²) in [5, 5.41) is 0. The van der Waals surface area contributed by atoms with E-state index in [9.17, 15) is 0 Å². The van der Waals surface area contributed by atoms with Crippen molar-refractivity contribution < 1.29 is 0 Å². The quantitative estimate of drug-likeness (QED) is 0.377. The lowest BCUT2D eigenvalue weighted by Gasteiger charge is -2.06. The molecule has 1 nitrogen and oxygen atoms in total. The Bertz CT molecular complexity index is 637. The maximum atomic E-state index is 4.23. The van der Waals surface area contributed by atoms with Gasteiger partial charge in [-0.1, -0.05) is 63.1 Å². The molecule has 1 aromatic carbocycles. The van der Waals surface area contributed by atoms with Gasteiger partial charge in [-0.3, -0.25) is 4.98 Å². The van der Waals surface area contributed by atoms with E-state index < -0.39 is 0 Å². The van der Waals surface area contributed by atoms with E-state index in [2.05, 4.69) is 68.1 Å². The number of allylic oxidation sites excluding steroid dienone is 2. The number of aromatic nitrogens is 1. The van der Waals surface area contributed by atoms with Crippen molar-refractivity contribution in [3.63, 3.8) is 0 Å². The summed E-state index contributed by atoms with van der Waals surface area (Å²) in [5.41, 5.74) is 5.60. The van der Waals surface area contributed by atoms with Gasteiger partial charge in [-0.2, -0.15) is 0 Å². The van der Waals surface area contributed by atoms with Gasteiger partial charge in [-0.15, -0.1) is 12.8 Å². The topological polar surface area (TPSA) is 12.9 Å². The van der Waals surface area contributed by atoms with E-state index in [1.165, 1.54) is 47.9 Å². The zero-order chi connectivity index (χ0) is 18.3. The zero-order valence-electron chi connectivity index (χ0n) is 15.7. The number of hydrogen-bond donors (Lipinski definition) is 0. The van der Waals surface area contributed by atoms with E-state index in [-0.39, 0.29) is 0 Å². The third-order valence-corrected chi connectivity index (χ3v) is 4.30. The van der Waals surface area contributed by atoms with Crippen molar-refractivity contribution in [1.82, 2.24) is 4.98 Å². The highest BCUT2D eigenvalue weighted by Gasteiger charge is 2.00. The standard InChI is InChI=1S/C22H29N.C2H2/c1-3-5-6-10-19-11-7-12-20(17-19)13-8-14-21(4-2)22-15-9-16-23-18-22;1-2/h7,9,11-12,14-18H,3-6,8,10,13H2,1-2H3;1-2H/b21-14+;. The Morgan fingerprint density at radius 1 is 1.00 bits per heavy atom. The predicted molar refractivity (Wildman–Crippen MR) is 110 cm³/mol. The van der Waals surface area contributed by atoms with Gasteiger partial charge >= 0.3 is 0 Å². The van der Waals surface area contributed by atoms with Crippen molar-refractivity contribution in [2.75, 3.05) is 0 Å². The van der Waals surface area contributed by atoms with E-state index in [1.807, 2.05) is 18.5 Å². The summed E-state index contributed by atoms with van der Waals surface area (Å²) in [5.74, 6) is 0. The fourth-order valence-electron chi connectivity index (χ4n) is 2.95. The van der Waals surface area contributed by atoms with Gasteiger partial charge in [0, 0.05) is 12.4 Å². The number of unbranched alkanes of at least 4 members (excludes halogenated alkanes) is 2. The molecule has 1 heteroatoms. The van der Waals surface area contributed by atoms with E-state index >= 15 is 0 Å². The van der Waals surface area contributed by atoms with Crippen molar-refractivity contribution in [3.8, 4) is 12.8 Å². The van der Waals surface area contributed by atoms with Crippen molar-refractivity contribution in [2.24, 2.45) is 0 Å². The van der Waals surface area contributed by atoms with Gasteiger partial charge in [0.15, 0.2) is 0 Å². The normalized spacial score (nSPS) is 10.8. The number of terminal acetylenes is 1. The fraction of sp³-hybridized carbons (Fsp3) is 0.375. The molecule has 0 fully saturated rings. The molecule has 2 aromatic rings. The average Bonchev–Trinajstić information content (AvgIpc) is 2.68. The predicted octanol–water partition coefficient (Wildman–Crippen LogP) is 6.49. The number of benzene rings is 1. The number of nitrogens with zero attached hydrogens (tertiary/aromatic N) is 1. The van der Waals surface area contributed by atoms with Crippen molar-refractivity contribution >= 4 is 5.57 Å². The molecular formula is C24H31N. The number of hydrogen-bond acceptors (Lipinski definition) is 1. The zero-order valence-corrected chi connectivity index (χ0v) is 15.7. The van der Waals surface area contributed by atoms with Crippen LogP contribution in [0.2, 0.25) is 0 Å². The molecule has 0 spiro atoms. The van der Waals surface area contributed by atoms with Crippen LogP contribution in [0.4, 0.5) is 0 Å². The van der Waals surface area contributed by atoms with Crippen molar-refractivity contribution in [1.29, 1.82) is 0 Å². The summed E-state index contributed by atoms with van der Waals surface area (Å²) in [6.07, 6.45) is 22.6. The second-order valence-corrected chi connectivity index (χ2v) is 6.14. The lowest BCUT2D eigenvalue weighted by molar-refractivity contribution is 0.717. The molecule has 1 heterocycles. The molecule has 0 N–H and O–H groups in total. The maximum absolute atomic E-state index is 4.23. The summed E-state index contributed by atoms with van der Waals surface area (Å²) in [6, 6.07) is 13.3. The van der Waals surface area contributed by atoms with E-state index in [4.69, 9.17) is 0 Å². The van der Waals surface area contributed by atoms with Crippen LogP contribution in [-0.4, -0.2) is 4.98 Å². The van der Waals surface area contributed by atoms with Gasteiger partial charge in [0.1, 0.15) is 0 Å². The molecule has 1 aromatic heterocycles. The van der Waals surface area contributed by atoms with Gasteiger partial charge in [-0.25, -0.2) is 0 Å². The Morgan fingerprint density at radius 2 is 1.76 bits per heavy atom. The molecule has 0 amide bonds. The van der Waals surface area contributed by atoms with Crippen LogP contribution in [-0.2, 0) is 12.8 Å². The second-order valence-electron chi connectivity index (χ2n) is 6.14. The van der Waals surface area contributed by atoms with Gasteiger partial charge in [0.05, 0.1) is 0 Å². The molecule has 0 bridgehead atoms. The molecule has 0 aliphatic rings. The number of pyridine rings is 1. The van der Waals surface area contributed by atoms with E-state index in [0.717, 1.165) is 19.3 Å². The van der Waals surface area contributed by atoms with Crippen LogP contribution < -0.4 is 0 Å². The van der Waals surface area contributed by atoms with Gasteiger partial charge < -0.3 is 0 Å². The van der Waals surface area contributed by atoms with Crippen LogP contribution in [0.5, 0.6) is 0 Å². The van der Waals surface area contributed by atoms with Gasteiger partial charge in [-0.05, 0) is 60.4 Å². The fourth-order valence-corrected chi connectivity index (χ4v) is 2.95. The summed E-state index contributed by atoms with van der Waals surface area (Å²) in [7, 11) is 0. The van der Waals surface area contributed by atoms with Crippen LogP contribution >= 0.6 is 0 Å². The lowest BCUT2D eigenvalue weighted by Crippen LogP contribution is -1.90. The molecule has 0 saturated heterocycles. The van der Waals surface area contributed by atoms with Gasteiger partial charge in [0.25, 0.3) is 0 Å². The Morgan fingerprint density at radius 3 is 2.40 bits per heavy atom. The minimum atomic E-state index is 1.06. The molecule has 0 unspecified atom stereocenters. The lowest BCUT2D eigenvalue weighted by atomic mass is 10.00. The third kappa shape index (κ3) is 7.86. The van der Waals surface area contributed by atoms with Crippen LogP contribution in [0.3, 0.4) is 0 Å². The molecule has 0 aliphatic carbocycles. The summed E-state index contributed by atoms with van der Waals surface area (Å²) < 4.78 is 0. The monoisotopic (exact) mass is 333 g/mol. The van der Waals surface area contributed by atoms with Crippen molar-refractivity contribution in [2.45, 2.75) is 58.8 Å². The first-order chi connectivity index (χ1) is 12.3. The highest BCUT2D eigenvalue weighted by molar-refractivity contribution is 5.64. The summed E-state index contributed by atoms with van der Waals surface area (Å²) >= 11 is 0. The van der Waals surface area contributed by atoms with Crippen LogP contribution in [0.25, 0.3) is 5.57 Å². The first-order valence-corrected chi connectivity index (χ1v) is 9.34. The Balaban J connectivity index is 0.00000151. The minimum absolute atomic E-state index is 1.06. The van der Waals surface area contributed by atoms with E-state index in [0.29, 0.717) is 0 Å². The van der Waals surface area contributed by atoms with E-state index in [1.54, 1.807) is 0 Å². The molecule has 0 aliphatic heterocycles. The Kier molecular flexibility index (Phi) is 10.8. The average molecular weight is 334 g/mol. The van der Waals surface area contributed by atoms with Gasteiger partial charge in [0.2, 0.25) is 0 Å². The largest absolute Gasteiger partial charge is 0.264 e. The molecule has 0 radical (unpaired) electrons. The molecule has 132 valence electrons. The SMILES string of the molecule is C#C.CCCCCc1cccc(CC/C=C(\CC)c2cccnc2)c1. The molecule has 0 atom stereocenters. The molecule has 2 rings (SSSR count). The number of aryl methyl sites for hydroxylation is 2. The summed E-state index contributed by atoms with van der Waals surface area (Å²) in [6.45, 7) is 4.48. The highest BCUT2D eigenvalue weighted by Crippen LogP contribution is 2.18. The maximum Gasteiger partial charge on any atom is 0.0342 e. The molecular weight excluding hydrogens is 302 g/mol. The highest BCUT2D eigenvalue weighted by atomic mass is 14.6. The van der Waals surface area contributed by atoms with Crippen LogP contribution in [0, 0.1) is 12.8 Å². The first-order valence-electron chi connectivity index (χ1n) is 9.34. The third-order valence-electron chi connectivity index (χ3n) is 4.30. The molecule has 0 saturated carbocycles. The smallest absolute Gasteiger partial charge is 0.0342 e. The number of rotatable bonds is 9. The van der Waals surface area contributed by atoms with Crippen molar-refractivity contribution in [3.05, 3.63) is 71.6 Å². The summed E-state index contributed by atoms with van der Waals surface area (Å²) in [4.78, 5) is 4.23. The molecule has 25 heavy (non-hydrogen) atoms.